The van der Waals surface area contributed by atoms with Crippen molar-refractivity contribution in [2.75, 3.05) is 5.32 Å². The fourth-order valence-corrected chi connectivity index (χ4v) is 3.72. The molecule has 1 N–H and O–H groups in total. The summed E-state index contributed by atoms with van der Waals surface area (Å²) in [4.78, 5) is 12.8. The number of aryl methyl sites for hydroxylation is 1. The Morgan fingerprint density at radius 1 is 1.00 bits per heavy atom. The molecule has 0 aliphatic rings. The number of hydrogen-bond donors (Lipinski definition) is 1. The third kappa shape index (κ3) is 5.77. The smallest absolute Gasteiger partial charge is 0.276 e. The zero-order valence-electron chi connectivity index (χ0n) is 20.7. The molecule has 0 bridgehead atoms. The van der Waals surface area contributed by atoms with Crippen LogP contribution in [-0.4, -0.2) is 25.5 Å². The van der Waals surface area contributed by atoms with Crippen molar-refractivity contribution in [3.05, 3.63) is 94.8 Å². The number of nitrogens with zero attached hydrogens (tertiary/aromatic N) is 4. The molecular weight excluding hydrogens is 445 g/mol. The molecule has 0 fully saturated rings. The van der Waals surface area contributed by atoms with Crippen LogP contribution < -0.4 is 10.1 Å². The average molecular weight is 476 g/mol. The van der Waals surface area contributed by atoms with E-state index < -0.39 is 0 Å². The number of ether oxygens (including phenoxy) is 1. The zero-order valence-corrected chi connectivity index (χ0v) is 20.7. The SMILES string of the molecule is Cc1nn(Cc2ccc(F)cc2)c(C)c1NC(=O)c1ccn(COc2ccc(C(C)(C)C)cc2)n1. The minimum atomic E-state index is -0.328. The summed E-state index contributed by atoms with van der Waals surface area (Å²) >= 11 is 0. The van der Waals surface area contributed by atoms with Gasteiger partial charge in [-0.3, -0.25) is 9.48 Å². The van der Waals surface area contributed by atoms with Gasteiger partial charge in [0.05, 0.1) is 23.6 Å². The molecule has 35 heavy (non-hydrogen) atoms. The van der Waals surface area contributed by atoms with Gasteiger partial charge in [0.1, 0.15) is 11.6 Å². The van der Waals surface area contributed by atoms with Crippen LogP contribution in [0.4, 0.5) is 10.1 Å². The Morgan fingerprint density at radius 3 is 2.34 bits per heavy atom. The molecule has 1 amide bonds. The fraction of sp³-hybridized carbons (Fsp3) is 0.296. The Balaban J connectivity index is 1.38. The van der Waals surface area contributed by atoms with Crippen LogP contribution in [0.15, 0.2) is 60.8 Å². The van der Waals surface area contributed by atoms with Gasteiger partial charge in [-0.05, 0) is 60.7 Å². The highest BCUT2D eigenvalue weighted by molar-refractivity contribution is 6.03. The minimum absolute atomic E-state index is 0.0803. The van der Waals surface area contributed by atoms with Crippen LogP contribution in [0, 0.1) is 19.7 Å². The second kappa shape index (κ2) is 9.74. The number of anilines is 1. The van der Waals surface area contributed by atoms with Crippen molar-refractivity contribution >= 4 is 11.6 Å². The lowest BCUT2D eigenvalue weighted by Gasteiger charge is -2.19. The third-order valence-electron chi connectivity index (χ3n) is 5.82. The van der Waals surface area contributed by atoms with Crippen molar-refractivity contribution in [1.29, 1.82) is 0 Å². The van der Waals surface area contributed by atoms with E-state index in [4.69, 9.17) is 4.74 Å². The van der Waals surface area contributed by atoms with Crippen LogP contribution in [0.5, 0.6) is 5.75 Å². The summed E-state index contributed by atoms with van der Waals surface area (Å²) < 4.78 is 22.4. The topological polar surface area (TPSA) is 74.0 Å². The predicted molar refractivity (Wildman–Crippen MR) is 133 cm³/mol. The maximum Gasteiger partial charge on any atom is 0.276 e. The van der Waals surface area contributed by atoms with Crippen LogP contribution in [0.2, 0.25) is 0 Å². The molecule has 0 saturated heterocycles. The molecule has 2 aromatic heterocycles. The quantitative estimate of drug-likeness (QED) is 0.385. The van der Waals surface area contributed by atoms with Crippen LogP contribution in [0.3, 0.4) is 0 Å². The first kappa shape index (κ1) is 24.2. The van der Waals surface area contributed by atoms with Crippen molar-refractivity contribution in [3.8, 4) is 5.75 Å². The molecule has 0 saturated carbocycles. The fourth-order valence-electron chi connectivity index (χ4n) is 3.72. The van der Waals surface area contributed by atoms with Crippen molar-refractivity contribution in [3.63, 3.8) is 0 Å². The van der Waals surface area contributed by atoms with Gasteiger partial charge in [-0.1, -0.05) is 45.0 Å². The monoisotopic (exact) mass is 475 g/mol. The summed E-state index contributed by atoms with van der Waals surface area (Å²) in [5.41, 5.74) is 4.65. The molecule has 4 aromatic rings. The summed E-state index contributed by atoms with van der Waals surface area (Å²) in [5.74, 6) is 0.128. The summed E-state index contributed by atoms with van der Waals surface area (Å²) in [6, 6.07) is 15.9. The number of halogens is 1. The van der Waals surface area contributed by atoms with Crippen LogP contribution in [0.25, 0.3) is 0 Å². The van der Waals surface area contributed by atoms with Gasteiger partial charge in [0.25, 0.3) is 5.91 Å². The Bertz CT molecular complexity index is 1320. The highest BCUT2D eigenvalue weighted by atomic mass is 19.1. The Labute approximate surface area is 204 Å². The van der Waals surface area contributed by atoms with Gasteiger partial charge in [-0.25, -0.2) is 9.07 Å². The molecule has 8 heteroatoms. The molecular formula is C27H30FN5O2. The van der Waals surface area contributed by atoms with Gasteiger partial charge in [0.15, 0.2) is 12.4 Å². The molecule has 0 spiro atoms. The highest BCUT2D eigenvalue weighted by Crippen LogP contribution is 2.24. The van der Waals surface area contributed by atoms with E-state index in [0.717, 1.165) is 17.0 Å². The van der Waals surface area contributed by atoms with Gasteiger partial charge in [-0.15, -0.1) is 0 Å². The van der Waals surface area contributed by atoms with E-state index in [1.54, 1.807) is 33.8 Å². The number of hydrogen-bond acceptors (Lipinski definition) is 4. The van der Waals surface area contributed by atoms with E-state index in [2.05, 4.69) is 48.4 Å². The highest BCUT2D eigenvalue weighted by Gasteiger charge is 2.17. The van der Waals surface area contributed by atoms with E-state index in [-0.39, 0.29) is 29.6 Å². The normalized spacial score (nSPS) is 11.5. The van der Waals surface area contributed by atoms with E-state index in [0.29, 0.717) is 17.9 Å². The molecule has 2 aromatic carbocycles. The lowest BCUT2D eigenvalue weighted by Crippen LogP contribution is -2.15. The number of aromatic nitrogens is 4. The van der Waals surface area contributed by atoms with Gasteiger partial charge >= 0.3 is 0 Å². The molecule has 0 aliphatic heterocycles. The third-order valence-corrected chi connectivity index (χ3v) is 5.82. The van der Waals surface area contributed by atoms with E-state index in [1.807, 2.05) is 26.0 Å². The second-order valence-corrected chi connectivity index (χ2v) is 9.57. The van der Waals surface area contributed by atoms with Crippen molar-refractivity contribution in [2.45, 2.75) is 53.3 Å². The van der Waals surface area contributed by atoms with Crippen LogP contribution >= 0.6 is 0 Å². The van der Waals surface area contributed by atoms with E-state index in [1.165, 1.54) is 17.7 Å². The van der Waals surface area contributed by atoms with Gasteiger partial charge < -0.3 is 10.1 Å². The molecule has 0 aliphatic carbocycles. The lowest BCUT2D eigenvalue weighted by atomic mass is 9.87. The largest absolute Gasteiger partial charge is 0.471 e. The standard InChI is InChI=1S/C27H30FN5O2/c1-18-25(19(2)33(30-18)16-20-6-10-22(28)11-7-20)29-26(34)24-14-15-32(31-24)17-35-23-12-8-21(9-13-23)27(3,4)5/h6-15H,16-17H2,1-5H3,(H,29,34). The zero-order chi connectivity index (χ0) is 25.2. The maximum atomic E-state index is 13.2. The summed E-state index contributed by atoms with van der Waals surface area (Å²) in [7, 11) is 0. The Hall–Kier alpha value is -3.94. The first-order valence-corrected chi connectivity index (χ1v) is 11.5. The second-order valence-electron chi connectivity index (χ2n) is 9.57. The summed E-state index contributed by atoms with van der Waals surface area (Å²) in [6.45, 7) is 10.9. The average Bonchev–Trinajstić information content (AvgIpc) is 3.39. The Morgan fingerprint density at radius 2 is 1.69 bits per heavy atom. The maximum absolute atomic E-state index is 13.2. The molecule has 2 heterocycles. The van der Waals surface area contributed by atoms with Gasteiger partial charge in [-0.2, -0.15) is 10.2 Å². The molecule has 0 atom stereocenters. The molecule has 182 valence electrons. The van der Waals surface area contributed by atoms with E-state index in [9.17, 15) is 9.18 Å². The van der Waals surface area contributed by atoms with Crippen molar-refractivity contribution < 1.29 is 13.9 Å². The number of nitrogens with one attached hydrogen (secondary N) is 1. The van der Waals surface area contributed by atoms with E-state index >= 15 is 0 Å². The van der Waals surface area contributed by atoms with Crippen molar-refractivity contribution in [2.24, 2.45) is 0 Å². The summed E-state index contributed by atoms with van der Waals surface area (Å²) in [6.07, 6.45) is 1.70. The van der Waals surface area contributed by atoms with Gasteiger partial charge in [0, 0.05) is 6.20 Å². The molecule has 4 rings (SSSR count). The van der Waals surface area contributed by atoms with Crippen LogP contribution in [0.1, 0.15) is 53.8 Å². The molecule has 0 unspecified atom stereocenters. The first-order valence-electron chi connectivity index (χ1n) is 11.5. The number of carbonyl (C=O) groups excluding carboxylic acids is 1. The van der Waals surface area contributed by atoms with Crippen molar-refractivity contribution in [1.82, 2.24) is 19.6 Å². The number of carbonyl (C=O) groups is 1. The number of amides is 1. The predicted octanol–water partition coefficient (Wildman–Crippen LogP) is 5.47. The Kier molecular flexibility index (Phi) is 6.73. The summed E-state index contributed by atoms with van der Waals surface area (Å²) in [5, 5.41) is 11.8. The number of benzene rings is 2. The number of rotatable bonds is 7. The van der Waals surface area contributed by atoms with Crippen LogP contribution in [-0.2, 0) is 18.7 Å². The lowest BCUT2D eigenvalue weighted by molar-refractivity contribution is 0.102. The molecule has 7 nitrogen and oxygen atoms in total. The first-order chi connectivity index (χ1) is 16.6. The minimum Gasteiger partial charge on any atom is -0.471 e. The molecule has 0 radical (unpaired) electrons. The van der Waals surface area contributed by atoms with Gasteiger partial charge in [0.2, 0.25) is 0 Å².